The van der Waals surface area contributed by atoms with Gasteiger partial charge in [-0.25, -0.2) is 4.57 Å². The highest BCUT2D eigenvalue weighted by molar-refractivity contribution is 7.55. The number of hydrogen-bond acceptors (Lipinski definition) is 5. The molecular formula is C26H27N2O4P. The van der Waals surface area contributed by atoms with Crippen LogP contribution in [0.4, 0.5) is 0 Å². The van der Waals surface area contributed by atoms with Crippen molar-refractivity contribution in [1.29, 1.82) is 0 Å². The molecule has 1 saturated heterocycles. The molecule has 0 unspecified atom stereocenters. The van der Waals surface area contributed by atoms with Gasteiger partial charge >= 0.3 is 7.60 Å². The van der Waals surface area contributed by atoms with Crippen LogP contribution in [-0.2, 0) is 22.3 Å². The lowest BCUT2D eigenvalue weighted by molar-refractivity contribution is -0.133. The van der Waals surface area contributed by atoms with Crippen LogP contribution in [0.2, 0.25) is 0 Å². The summed E-state index contributed by atoms with van der Waals surface area (Å²) < 4.78 is 26.4. The van der Waals surface area contributed by atoms with Crippen LogP contribution in [0.15, 0.2) is 84.9 Å². The van der Waals surface area contributed by atoms with Crippen molar-refractivity contribution in [1.82, 2.24) is 10.2 Å². The van der Waals surface area contributed by atoms with Gasteiger partial charge < -0.3 is 19.3 Å². The fourth-order valence-corrected chi connectivity index (χ4v) is 6.74. The molecule has 5 rings (SSSR count). The molecular weight excluding hydrogens is 435 g/mol. The van der Waals surface area contributed by atoms with Gasteiger partial charge in [0.1, 0.15) is 11.5 Å². The fourth-order valence-electron chi connectivity index (χ4n) is 4.56. The monoisotopic (exact) mass is 462 g/mol. The summed E-state index contributed by atoms with van der Waals surface area (Å²) in [5.41, 5.74) is 2.39. The smallest absolute Gasteiger partial charge is 0.415 e. The first-order chi connectivity index (χ1) is 16.1. The van der Waals surface area contributed by atoms with E-state index in [-0.39, 0.29) is 11.9 Å². The van der Waals surface area contributed by atoms with Crippen LogP contribution in [0.25, 0.3) is 0 Å². The number of carbonyl (C=O) groups is 1. The zero-order chi connectivity index (χ0) is 22.7. The maximum Gasteiger partial charge on any atom is 0.453 e. The Balaban J connectivity index is 1.41. The summed E-state index contributed by atoms with van der Waals surface area (Å²) in [6.07, 6.45) is 1.92. The third kappa shape index (κ3) is 4.68. The summed E-state index contributed by atoms with van der Waals surface area (Å²) in [6.45, 7) is 1.17. The van der Waals surface area contributed by atoms with Gasteiger partial charge in [-0.3, -0.25) is 4.79 Å². The van der Waals surface area contributed by atoms with Crippen LogP contribution in [-0.4, -0.2) is 29.2 Å². The number of hydrogen-bond donors (Lipinski definition) is 1. The average molecular weight is 462 g/mol. The summed E-state index contributed by atoms with van der Waals surface area (Å²) in [7, 11) is -3.76. The Morgan fingerprint density at radius 1 is 0.848 bits per heavy atom. The van der Waals surface area contributed by atoms with Crippen molar-refractivity contribution >= 4 is 13.5 Å². The number of para-hydroxylation sites is 2. The molecule has 0 spiro atoms. The minimum atomic E-state index is -3.76. The van der Waals surface area contributed by atoms with Crippen LogP contribution in [0.5, 0.6) is 11.5 Å². The molecule has 2 heterocycles. The highest BCUT2D eigenvalue weighted by Gasteiger charge is 2.48. The number of carbonyl (C=O) groups excluding carboxylic acids is 1. The van der Waals surface area contributed by atoms with E-state index in [1.807, 2.05) is 48.5 Å². The molecule has 2 atom stereocenters. The van der Waals surface area contributed by atoms with Gasteiger partial charge in [0.25, 0.3) is 0 Å². The second kappa shape index (κ2) is 9.42. The molecule has 2 aliphatic rings. The number of benzene rings is 3. The lowest BCUT2D eigenvalue weighted by Gasteiger charge is -2.34. The van der Waals surface area contributed by atoms with E-state index < -0.39 is 13.4 Å². The minimum Gasteiger partial charge on any atom is -0.415 e. The van der Waals surface area contributed by atoms with Gasteiger partial charge in [0.2, 0.25) is 5.91 Å². The topological polar surface area (TPSA) is 67.9 Å². The molecule has 0 saturated carbocycles. The van der Waals surface area contributed by atoms with Crippen molar-refractivity contribution in [2.24, 2.45) is 0 Å². The largest absolute Gasteiger partial charge is 0.453 e. The normalized spacial score (nSPS) is 20.2. The predicted molar refractivity (Wildman–Crippen MR) is 127 cm³/mol. The summed E-state index contributed by atoms with van der Waals surface area (Å²) in [4.78, 5) is 15.3. The maximum absolute atomic E-state index is 14.3. The van der Waals surface area contributed by atoms with Gasteiger partial charge in [0, 0.05) is 13.1 Å². The SMILES string of the molecule is O=C([C@@H]1Cc2ccccc2CN1)N1CCC[C@H]1P(=O)(Oc1ccccc1)Oc1ccccc1. The lowest BCUT2D eigenvalue weighted by atomic mass is 9.95. The number of rotatable bonds is 6. The molecule has 7 heteroatoms. The zero-order valence-electron chi connectivity index (χ0n) is 18.3. The van der Waals surface area contributed by atoms with E-state index in [1.165, 1.54) is 11.1 Å². The first-order valence-electron chi connectivity index (χ1n) is 11.3. The summed E-state index contributed by atoms with van der Waals surface area (Å²) in [6, 6.07) is 25.8. The standard InChI is InChI=1S/C26H27N2O4P/c29-26(24-18-20-10-7-8-11-21(20)19-27-24)28-17-9-16-25(28)33(30,31-22-12-3-1-4-13-22)32-23-14-5-2-6-15-23/h1-8,10-15,24-25,27H,9,16-19H2/t24-,25+/m0/s1. The van der Waals surface area contributed by atoms with Crippen molar-refractivity contribution < 1.29 is 18.4 Å². The Labute approximate surface area is 194 Å². The molecule has 0 bridgehead atoms. The quantitative estimate of drug-likeness (QED) is 0.522. The number of nitrogens with one attached hydrogen (secondary N) is 1. The highest BCUT2D eigenvalue weighted by Crippen LogP contribution is 2.57. The van der Waals surface area contributed by atoms with E-state index in [0.29, 0.717) is 37.4 Å². The molecule has 170 valence electrons. The Kier molecular flexibility index (Phi) is 6.21. The van der Waals surface area contributed by atoms with Crippen molar-refractivity contribution in [2.75, 3.05) is 6.54 Å². The summed E-state index contributed by atoms with van der Waals surface area (Å²) in [5, 5.41) is 3.36. The van der Waals surface area contributed by atoms with Gasteiger partial charge in [-0.2, -0.15) is 0 Å². The van der Waals surface area contributed by atoms with Gasteiger partial charge in [-0.1, -0.05) is 60.7 Å². The molecule has 1 N–H and O–H groups in total. The third-order valence-corrected chi connectivity index (χ3v) is 8.40. The molecule has 0 radical (unpaired) electrons. The maximum atomic E-state index is 14.3. The Morgan fingerprint density at radius 3 is 2.06 bits per heavy atom. The predicted octanol–water partition coefficient (Wildman–Crippen LogP) is 5.00. The van der Waals surface area contributed by atoms with E-state index in [0.717, 1.165) is 6.42 Å². The highest BCUT2D eigenvalue weighted by atomic mass is 31.2. The van der Waals surface area contributed by atoms with Crippen LogP contribution in [0.1, 0.15) is 24.0 Å². The second-order valence-corrected chi connectivity index (χ2v) is 10.5. The Hall–Kier alpha value is -3.08. The molecule has 1 amide bonds. The molecule has 3 aromatic rings. The lowest BCUT2D eigenvalue weighted by Crippen LogP contribution is -2.51. The summed E-state index contributed by atoms with van der Waals surface area (Å²) in [5.74, 6) is 0.214. The zero-order valence-corrected chi connectivity index (χ0v) is 19.2. The number of amides is 1. The van der Waals surface area contributed by atoms with Crippen LogP contribution >= 0.6 is 7.60 Å². The molecule has 1 fully saturated rings. The fraction of sp³-hybridized carbons (Fsp3) is 0.269. The molecule has 2 aliphatic heterocycles. The Morgan fingerprint density at radius 2 is 1.42 bits per heavy atom. The van der Waals surface area contributed by atoms with Crippen molar-refractivity contribution in [3.05, 3.63) is 96.1 Å². The third-order valence-electron chi connectivity index (χ3n) is 6.20. The van der Waals surface area contributed by atoms with Crippen molar-refractivity contribution in [3.8, 4) is 11.5 Å². The van der Waals surface area contributed by atoms with E-state index in [9.17, 15) is 9.36 Å². The van der Waals surface area contributed by atoms with Crippen LogP contribution < -0.4 is 14.4 Å². The molecule has 6 nitrogen and oxygen atoms in total. The molecule has 0 aliphatic carbocycles. The number of likely N-dealkylation sites (tertiary alicyclic amines) is 1. The van der Waals surface area contributed by atoms with Gasteiger partial charge in [-0.15, -0.1) is 0 Å². The Bertz CT molecular complexity index is 1110. The first kappa shape index (κ1) is 21.7. The van der Waals surface area contributed by atoms with E-state index >= 15 is 0 Å². The van der Waals surface area contributed by atoms with E-state index in [1.54, 1.807) is 29.2 Å². The first-order valence-corrected chi connectivity index (χ1v) is 12.9. The van der Waals surface area contributed by atoms with Crippen LogP contribution in [0, 0.1) is 0 Å². The number of nitrogens with zero attached hydrogens (tertiary/aromatic N) is 1. The van der Waals surface area contributed by atoms with Gasteiger partial charge in [0.15, 0.2) is 5.78 Å². The second-order valence-electron chi connectivity index (χ2n) is 8.41. The molecule has 33 heavy (non-hydrogen) atoms. The summed E-state index contributed by atoms with van der Waals surface area (Å²) >= 11 is 0. The molecule has 3 aromatic carbocycles. The van der Waals surface area contributed by atoms with Gasteiger partial charge in [-0.05, 0) is 54.7 Å². The van der Waals surface area contributed by atoms with E-state index in [4.69, 9.17) is 9.05 Å². The van der Waals surface area contributed by atoms with Crippen molar-refractivity contribution in [2.45, 2.75) is 37.6 Å². The van der Waals surface area contributed by atoms with Crippen molar-refractivity contribution in [3.63, 3.8) is 0 Å². The number of fused-ring (bicyclic) bond motifs is 1. The van der Waals surface area contributed by atoms with E-state index in [2.05, 4.69) is 17.4 Å². The molecule has 0 aromatic heterocycles. The van der Waals surface area contributed by atoms with Crippen LogP contribution in [0.3, 0.4) is 0 Å². The average Bonchev–Trinajstić information content (AvgIpc) is 3.35. The minimum absolute atomic E-state index is 0.0550. The van der Waals surface area contributed by atoms with Gasteiger partial charge in [0.05, 0.1) is 6.04 Å².